The number of halogens is 1. The van der Waals surface area contributed by atoms with E-state index in [4.69, 9.17) is 4.74 Å². The van der Waals surface area contributed by atoms with Gasteiger partial charge in [0.25, 0.3) is 0 Å². The van der Waals surface area contributed by atoms with E-state index < -0.39 is 0 Å². The Hall–Kier alpha value is -1.76. The van der Waals surface area contributed by atoms with Crippen molar-refractivity contribution in [3.8, 4) is 5.75 Å². The van der Waals surface area contributed by atoms with Crippen LogP contribution in [-0.4, -0.2) is 32.7 Å². The van der Waals surface area contributed by atoms with Crippen LogP contribution in [0, 0.1) is 0 Å². The fraction of sp³-hybridized carbons (Fsp3) is 0.350. The number of hydrogen-bond acceptors (Lipinski definition) is 2. The molecule has 0 unspecified atom stereocenters. The number of benzene rings is 2. The van der Waals surface area contributed by atoms with Gasteiger partial charge in [0, 0.05) is 19.0 Å². The van der Waals surface area contributed by atoms with E-state index >= 15 is 0 Å². The van der Waals surface area contributed by atoms with E-state index in [-0.39, 0.29) is 29.4 Å². The summed E-state index contributed by atoms with van der Waals surface area (Å²) >= 11 is 0. The Kier molecular flexibility index (Phi) is 7.55. The van der Waals surface area contributed by atoms with E-state index in [1.807, 2.05) is 30.3 Å². The molecule has 1 aliphatic rings. The highest BCUT2D eigenvalue weighted by molar-refractivity contribution is 14.0. The first-order chi connectivity index (χ1) is 11.8. The third kappa shape index (κ3) is 5.63. The lowest BCUT2D eigenvalue weighted by Crippen LogP contribution is -2.42. The van der Waals surface area contributed by atoms with E-state index in [1.54, 1.807) is 7.05 Å². The molecule has 0 aliphatic heterocycles. The zero-order valence-electron chi connectivity index (χ0n) is 14.6. The molecule has 2 aromatic rings. The van der Waals surface area contributed by atoms with Crippen molar-refractivity contribution in [3.05, 3.63) is 66.2 Å². The van der Waals surface area contributed by atoms with Gasteiger partial charge < -0.3 is 15.4 Å². The van der Waals surface area contributed by atoms with Gasteiger partial charge in [0.05, 0.1) is 6.54 Å². The van der Waals surface area contributed by atoms with Crippen LogP contribution in [0.1, 0.15) is 18.4 Å². The zero-order valence-corrected chi connectivity index (χ0v) is 16.9. The fourth-order valence-electron chi connectivity index (χ4n) is 2.84. The van der Waals surface area contributed by atoms with Crippen molar-refractivity contribution in [1.82, 2.24) is 10.6 Å². The molecular weight excluding hydrogens is 425 g/mol. The number of nitrogens with one attached hydrogen (secondary N) is 2. The average molecular weight is 451 g/mol. The van der Waals surface area contributed by atoms with Crippen LogP contribution in [0.3, 0.4) is 0 Å². The van der Waals surface area contributed by atoms with Gasteiger partial charge in [-0.1, -0.05) is 48.5 Å². The molecule has 5 heteroatoms. The lowest BCUT2D eigenvalue weighted by molar-refractivity contribution is 0.322. The van der Waals surface area contributed by atoms with Gasteiger partial charge in [-0.05, 0) is 30.5 Å². The number of ether oxygens (including phenoxy) is 1. The van der Waals surface area contributed by atoms with Crippen LogP contribution in [0.4, 0.5) is 0 Å². The largest absolute Gasteiger partial charge is 0.492 e. The quantitative estimate of drug-likeness (QED) is 0.293. The molecule has 3 rings (SSSR count). The molecule has 0 spiro atoms. The highest BCUT2D eigenvalue weighted by Crippen LogP contribution is 2.47. The van der Waals surface area contributed by atoms with Crippen LogP contribution in [0.5, 0.6) is 5.75 Å². The van der Waals surface area contributed by atoms with E-state index in [0.29, 0.717) is 13.2 Å². The molecule has 1 fully saturated rings. The molecule has 0 aromatic heterocycles. The molecule has 0 saturated heterocycles. The second kappa shape index (κ2) is 9.65. The number of aliphatic imine (C=N–C) groups is 1. The Bertz CT molecular complexity index is 657. The molecule has 1 aliphatic carbocycles. The molecule has 25 heavy (non-hydrogen) atoms. The van der Waals surface area contributed by atoms with Gasteiger partial charge in [-0.15, -0.1) is 24.0 Å². The third-order valence-electron chi connectivity index (χ3n) is 4.46. The summed E-state index contributed by atoms with van der Waals surface area (Å²) in [6, 6.07) is 20.6. The number of para-hydroxylation sites is 1. The maximum Gasteiger partial charge on any atom is 0.191 e. The predicted octanol–water partition coefficient (Wildman–Crippen LogP) is 3.58. The molecule has 2 aromatic carbocycles. The van der Waals surface area contributed by atoms with Crippen molar-refractivity contribution in [2.75, 3.05) is 26.7 Å². The SMILES string of the molecule is CN=C(NCCOc1ccccc1)NCC1(c2ccccc2)CC1.I. The Morgan fingerprint density at radius 1 is 1.00 bits per heavy atom. The maximum atomic E-state index is 5.68. The summed E-state index contributed by atoms with van der Waals surface area (Å²) in [5, 5.41) is 6.76. The molecule has 0 heterocycles. The van der Waals surface area contributed by atoms with E-state index in [2.05, 4.69) is 46.0 Å². The first kappa shape index (κ1) is 19.6. The average Bonchev–Trinajstić information content (AvgIpc) is 3.44. The van der Waals surface area contributed by atoms with Gasteiger partial charge >= 0.3 is 0 Å². The normalized spacial score (nSPS) is 15.0. The van der Waals surface area contributed by atoms with Crippen molar-refractivity contribution in [1.29, 1.82) is 0 Å². The lowest BCUT2D eigenvalue weighted by atomic mass is 9.96. The van der Waals surface area contributed by atoms with Gasteiger partial charge in [-0.3, -0.25) is 4.99 Å². The Morgan fingerprint density at radius 3 is 2.24 bits per heavy atom. The molecule has 1 saturated carbocycles. The minimum Gasteiger partial charge on any atom is -0.492 e. The van der Waals surface area contributed by atoms with Gasteiger partial charge in [0.2, 0.25) is 0 Å². The van der Waals surface area contributed by atoms with Crippen molar-refractivity contribution in [2.45, 2.75) is 18.3 Å². The lowest BCUT2D eigenvalue weighted by Gasteiger charge is -2.19. The van der Waals surface area contributed by atoms with E-state index in [9.17, 15) is 0 Å². The van der Waals surface area contributed by atoms with Crippen LogP contribution >= 0.6 is 24.0 Å². The molecule has 0 amide bonds. The Morgan fingerprint density at radius 2 is 1.64 bits per heavy atom. The van der Waals surface area contributed by atoms with Crippen molar-refractivity contribution >= 4 is 29.9 Å². The van der Waals surface area contributed by atoms with Crippen LogP contribution < -0.4 is 15.4 Å². The molecule has 0 radical (unpaired) electrons. The fourth-order valence-corrected chi connectivity index (χ4v) is 2.84. The van der Waals surface area contributed by atoms with E-state index in [1.165, 1.54) is 18.4 Å². The maximum absolute atomic E-state index is 5.68. The molecule has 4 nitrogen and oxygen atoms in total. The smallest absolute Gasteiger partial charge is 0.191 e. The van der Waals surface area contributed by atoms with Crippen molar-refractivity contribution in [3.63, 3.8) is 0 Å². The summed E-state index contributed by atoms with van der Waals surface area (Å²) < 4.78 is 5.68. The molecule has 134 valence electrons. The minimum atomic E-state index is 0. The monoisotopic (exact) mass is 451 g/mol. The number of nitrogens with zero attached hydrogens (tertiary/aromatic N) is 1. The van der Waals surface area contributed by atoms with Crippen LogP contribution in [0.15, 0.2) is 65.7 Å². The second-order valence-corrected chi connectivity index (χ2v) is 6.16. The van der Waals surface area contributed by atoms with Crippen LogP contribution in [0.25, 0.3) is 0 Å². The second-order valence-electron chi connectivity index (χ2n) is 6.16. The first-order valence-electron chi connectivity index (χ1n) is 8.50. The summed E-state index contributed by atoms with van der Waals surface area (Å²) in [5.41, 5.74) is 1.69. The summed E-state index contributed by atoms with van der Waals surface area (Å²) in [6.07, 6.45) is 2.47. The molecule has 0 bridgehead atoms. The van der Waals surface area contributed by atoms with Gasteiger partial charge in [-0.2, -0.15) is 0 Å². The first-order valence-corrected chi connectivity index (χ1v) is 8.50. The zero-order chi connectivity index (χ0) is 16.7. The molecule has 2 N–H and O–H groups in total. The standard InChI is InChI=1S/C20H25N3O.HI/c1-21-19(22-14-15-24-18-10-6-3-7-11-18)23-16-20(12-13-20)17-8-4-2-5-9-17;/h2-11H,12-16H2,1H3,(H2,21,22,23);1H. The van der Waals surface area contributed by atoms with Crippen molar-refractivity contribution in [2.24, 2.45) is 4.99 Å². The highest BCUT2D eigenvalue weighted by atomic mass is 127. The molecular formula is C20H26IN3O. The number of guanidine groups is 1. The van der Waals surface area contributed by atoms with Gasteiger partial charge in [0.1, 0.15) is 12.4 Å². The molecule has 0 atom stereocenters. The Balaban J connectivity index is 0.00000225. The van der Waals surface area contributed by atoms with Gasteiger partial charge in [-0.25, -0.2) is 0 Å². The highest BCUT2D eigenvalue weighted by Gasteiger charge is 2.43. The summed E-state index contributed by atoms with van der Waals surface area (Å²) in [4.78, 5) is 4.30. The van der Waals surface area contributed by atoms with Crippen LogP contribution in [-0.2, 0) is 5.41 Å². The predicted molar refractivity (Wildman–Crippen MR) is 114 cm³/mol. The minimum absolute atomic E-state index is 0. The topological polar surface area (TPSA) is 45.7 Å². The summed E-state index contributed by atoms with van der Waals surface area (Å²) in [6.45, 7) is 2.23. The Labute approximate surface area is 167 Å². The number of hydrogen-bond donors (Lipinski definition) is 2. The summed E-state index contributed by atoms with van der Waals surface area (Å²) in [5.74, 6) is 1.72. The number of rotatable bonds is 7. The summed E-state index contributed by atoms with van der Waals surface area (Å²) in [7, 11) is 1.80. The van der Waals surface area contributed by atoms with Gasteiger partial charge in [0.15, 0.2) is 5.96 Å². The van der Waals surface area contributed by atoms with E-state index in [0.717, 1.165) is 18.3 Å². The van der Waals surface area contributed by atoms with Crippen LogP contribution in [0.2, 0.25) is 0 Å². The van der Waals surface area contributed by atoms with Crippen molar-refractivity contribution < 1.29 is 4.74 Å². The third-order valence-corrected chi connectivity index (χ3v) is 4.46.